The van der Waals surface area contributed by atoms with E-state index in [1.807, 2.05) is 11.8 Å². The molecule has 0 saturated heterocycles. The van der Waals surface area contributed by atoms with E-state index in [9.17, 15) is 14.7 Å². The van der Waals surface area contributed by atoms with Gasteiger partial charge in [-0.05, 0) is 37.7 Å². The molecule has 6 heteroatoms. The summed E-state index contributed by atoms with van der Waals surface area (Å²) in [7, 11) is 0. The van der Waals surface area contributed by atoms with Crippen molar-refractivity contribution in [2.75, 3.05) is 18.6 Å². The van der Waals surface area contributed by atoms with E-state index in [1.165, 1.54) is 0 Å². The van der Waals surface area contributed by atoms with Crippen LogP contribution in [-0.2, 0) is 4.79 Å². The minimum absolute atomic E-state index is 0.375. The summed E-state index contributed by atoms with van der Waals surface area (Å²) in [5.74, 6) is 0.160. The Labute approximate surface area is 119 Å². The minimum Gasteiger partial charge on any atom is -0.480 e. The fourth-order valence-electron chi connectivity index (χ4n) is 1.79. The van der Waals surface area contributed by atoms with Gasteiger partial charge in [0, 0.05) is 6.54 Å². The monoisotopic (exact) mass is 290 g/mol. The number of hydrogen-bond donors (Lipinski definition) is 3. The van der Waals surface area contributed by atoms with E-state index < -0.39 is 17.5 Å². The second-order valence-electron chi connectivity index (χ2n) is 4.53. The van der Waals surface area contributed by atoms with Gasteiger partial charge in [-0.25, -0.2) is 9.59 Å². The predicted molar refractivity (Wildman–Crippen MR) is 79.7 cm³/mol. The van der Waals surface area contributed by atoms with Crippen molar-refractivity contribution in [1.29, 1.82) is 0 Å². The topological polar surface area (TPSA) is 78.4 Å². The van der Waals surface area contributed by atoms with E-state index in [4.69, 9.17) is 0 Å². The molecule has 0 aliphatic carbocycles. The van der Waals surface area contributed by atoms with Gasteiger partial charge in [0.05, 0.1) is 0 Å². The third-order valence-corrected chi connectivity index (χ3v) is 3.98. The number of unbranched alkanes of at least 4 members (excludes halogenated alkanes) is 2. The number of carbonyl (C=O) groups excluding carboxylic acids is 1. The summed E-state index contributed by atoms with van der Waals surface area (Å²) >= 11 is 1.82. The Morgan fingerprint density at radius 1 is 1.16 bits per heavy atom. The summed E-state index contributed by atoms with van der Waals surface area (Å²) < 4.78 is 0. The number of rotatable bonds is 10. The molecule has 0 radical (unpaired) electrons. The van der Waals surface area contributed by atoms with Gasteiger partial charge in [-0.3, -0.25) is 0 Å². The van der Waals surface area contributed by atoms with Crippen molar-refractivity contribution in [3.63, 3.8) is 0 Å². The van der Waals surface area contributed by atoms with Gasteiger partial charge < -0.3 is 15.7 Å². The number of thioether (sulfide) groups is 1. The molecule has 0 atom stereocenters. The van der Waals surface area contributed by atoms with Gasteiger partial charge in [0.2, 0.25) is 0 Å². The molecule has 0 aliphatic rings. The van der Waals surface area contributed by atoms with Crippen molar-refractivity contribution >= 4 is 23.8 Å². The van der Waals surface area contributed by atoms with Crippen LogP contribution in [0.25, 0.3) is 0 Å². The normalized spacial score (nSPS) is 11.1. The lowest BCUT2D eigenvalue weighted by Crippen LogP contribution is -2.56. The van der Waals surface area contributed by atoms with Gasteiger partial charge in [0.1, 0.15) is 5.54 Å². The van der Waals surface area contributed by atoms with Gasteiger partial charge in [-0.2, -0.15) is 11.8 Å². The number of hydrogen-bond acceptors (Lipinski definition) is 3. The molecule has 0 aromatic heterocycles. The van der Waals surface area contributed by atoms with E-state index >= 15 is 0 Å². The summed E-state index contributed by atoms with van der Waals surface area (Å²) in [6.45, 7) is 4.12. The first kappa shape index (κ1) is 18.1. The fourth-order valence-corrected chi connectivity index (χ4v) is 2.29. The summed E-state index contributed by atoms with van der Waals surface area (Å²) in [6, 6.07) is -0.393. The molecule has 0 fully saturated rings. The zero-order chi connectivity index (χ0) is 14.7. The van der Waals surface area contributed by atoms with Crippen LogP contribution in [-0.4, -0.2) is 41.2 Å². The van der Waals surface area contributed by atoms with Crippen LogP contribution in [0, 0.1) is 0 Å². The Bertz CT molecular complexity index is 281. The molecule has 0 aliphatic heterocycles. The van der Waals surface area contributed by atoms with Crippen molar-refractivity contribution in [2.45, 2.75) is 51.5 Å². The first-order valence-corrected chi connectivity index (χ1v) is 8.20. The van der Waals surface area contributed by atoms with Crippen LogP contribution in [0.3, 0.4) is 0 Å². The molecule has 0 aromatic rings. The molecule has 0 unspecified atom stereocenters. The van der Waals surface area contributed by atoms with E-state index in [1.54, 1.807) is 13.8 Å². The quantitative estimate of drug-likeness (QED) is 0.540. The number of urea groups is 1. The minimum atomic E-state index is -1.15. The second kappa shape index (κ2) is 9.95. The maximum Gasteiger partial charge on any atom is 0.329 e. The van der Waals surface area contributed by atoms with Crippen LogP contribution in [0.4, 0.5) is 4.79 Å². The van der Waals surface area contributed by atoms with Gasteiger partial charge in [0.25, 0.3) is 0 Å². The molecule has 0 bridgehead atoms. The van der Waals surface area contributed by atoms with E-state index in [0.717, 1.165) is 25.0 Å². The third kappa shape index (κ3) is 6.71. The highest BCUT2D eigenvalue weighted by Gasteiger charge is 2.36. The van der Waals surface area contributed by atoms with Crippen LogP contribution in [0.2, 0.25) is 0 Å². The third-order valence-electron chi connectivity index (χ3n) is 3.28. The average Bonchev–Trinajstić information content (AvgIpc) is 2.39. The molecule has 112 valence electrons. The van der Waals surface area contributed by atoms with E-state index in [2.05, 4.69) is 16.9 Å². The maximum absolute atomic E-state index is 11.7. The zero-order valence-corrected chi connectivity index (χ0v) is 12.9. The summed E-state index contributed by atoms with van der Waals surface area (Å²) in [5.41, 5.74) is -1.15. The van der Waals surface area contributed by atoms with E-state index in [0.29, 0.717) is 19.4 Å². The first-order chi connectivity index (χ1) is 9.02. The summed E-state index contributed by atoms with van der Waals surface area (Å²) in [4.78, 5) is 22.9. The Morgan fingerprint density at radius 3 is 2.26 bits per heavy atom. The van der Waals surface area contributed by atoms with Crippen molar-refractivity contribution in [3.8, 4) is 0 Å². The van der Waals surface area contributed by atoms with Crippen LogP contribution in [0.1, 0.15) is 46.0 Å². The largest absolute Gasteiger partial charge is 0.480 e. The number of carboxylic acids is 1. The van der Waals surface area contributed by atoms with Crippen molar-refractivity contribution < 1.29 is 14.7 Å². The smallest absolute Gasteiger partial charge is 0.329 e. The van der Waals surface area contributed by atoms with E-state index in [-0.39, 0.29) is 0 Å². The second-order valence-corrected chi connectivity index (χ2v) is 5.51. The molecule has 0 aromatic carbocycles. The molecule has 0 spiro atoms. The SMILES string of the molecule is CCC(CC)(NC(=O)NCCCCCSC)C(=O)O. The standard InChI is InChI=1S/C13H26N2O3S/c1-4-13(5-2,11(16)17)15-12(18)14-9-7-6-8-10-19-3/h4-10H2,1-3H3,(H,16,17)(H2,14,15,18). The predicted octanol–water partition coefficient (Wildman–Crippen LogP) is 2.46. The molecular weight excluding hydrogens is 264 g/mol. The highest BCUT2D eigenvalue weighted by Crippen LogP contribution is 2.15. The molecule has 3 N–H and O–H groups in total. The molecule has 0 saturated carbocycles. The number of amides is 2. The Hall–Kier alpha value is -0.910. The van der Waals surface area contributed by atoms with Gasteiger partial charge in [-0.1, -0.05) is 20.3 Å². The maximum atomic E-state index is 11.7. The van der Waals surface area contributed by atoms with Crippen LogP contribution in [0.5, 0.6) is 0 Å². The Balaban J connectivity index is 3.98. The average molecular weight is 290 g/mol. The number of nitrogens with one attached hydrogen (secondary N) is 2. The lowest BCUT2D eigenvalue weighted by molar-refractivity contribution is -0.144. The molecule has 19 heavy (non-hydrogen) atoms. The van der Waals surface area contributed by atoms with Gasteiger partial charge in [0.15, 0.2) is 0 Å². The first-order valence-electron chi connectivity index (χ1n) is 6.80. The van der Waals surface area contributed by atoms with Gasteiger partial charge >= 0.3 is 12.0 Å². The highest BCUT2D eigenvalue weighted by molar-refractivity contribution is 7.98. The fraction of sp³-hybridized carbons (Fsp3) is 0.846. The van der Waals surface area contributed by atoms with Crippen LogP contribution < -0.4 is 10.6 Å². The van der Waals surface area contributed by atoms with Crippen molar-refractivity contribution in [3.05, 3.63) is 0 Å². The Kier molecular flexibility index (Phi) is 9.47. The molecule has 0 rings (SSSR count). The molecular formula is C13H26N2O3S. The molecule has 5 nitrogen and oxygen atoms in total. The van der Waals surface area contributed by atoms with Gasteiger partial charge in [-0.15, -0.1) is 0 Å². The van der Waals surface area contributed by atoms with Crippen LogP contribution in [0.15, 0.2) is 0 Å². The lowest BCUT2D eigenvalue weighted by atomic mass is 9.93. The Morgan fingerprint density at radius 2 is 1.79 bits per heavy atom. The van der Waals surface area contributed by atoms with Crippen LogP contribution >= 0.6 is 11.8 Å². The number of carboxylic acid groups (broad SMARTS) is 1. The lowest BCUT2D eigenvalue weighted by Gasteiger charge is -2.28. The zero-order valence-electron chi connectivity index (χ0n) is 12.1. The highest BCUT2D eigenvalue weighted by atomic mass is 32.2. The molecule has 2 amide bonds. The summed E-state index contributed by atoms with van der Waals surface area (Å²) in [6.07, 6.45) is 5.97. The summed E-state index contributed by atoms with van der Waals surface area (Å²) in [5, 5.41) is 14.5. The number of aliphatic carboxylic acids is 1. The van der Waals surface area contributed by atoms with Crippen molar-refractivity contribution in [1.82, 2.24) is 10.6 Å². The molecule has 0 heterocycles. The van der Waals surface area contributed by atoms with Crippen molar-refractivity contribution in [2.24, 2.45) is 0 Å². The number of carbonyl (C=O) groups is 2.